The zero-order valence-electron chi connectivity index (χ0n) is 8.59. The molecule has 2 rings (SSSR count). The molecule has 0 radical (unpaired) electrons. The summed E-state index contributed by atoms with van der Waals surface area (Å²) in [7, 11) is 0. The van der Waals surface area contributed by atoms with Crippen LogP contribution < -0.4 is 0 Å². The highest BCUT2D eigenvalue weighted by molar-refractivity contribution is 5.58. The van der Waals surface area contributed by atoms with E-state index < -0.39 is 0 Å². The monoisotopic (exact) mass is 188 g/mol. The van der Waals surface area contributed by atoms with Gasteiger partial charge in [-0.05, 0) is 42.4 Å². The van der Waals surface area contributed by atoms with E-state index in [4.69, 9.17) is 0 Å². The number of aliphatic hydroxyl groups excluding tert-OH is 1. The third-order valence-electron chi connectivity index (χ3n) is 3.17. The Kier molecular flexibility index (Phi) is 2.32. The molecule has 1 heteroatoms. The summed E-state index contributed by atoms with van der Waals surface area (Å²) in [5.74, 6) is 0.860. The smallest absolute Gasteiger partial charge is 0.115 e. The van der Waals surface area contributed by atoms with Gasteiger partial charge in [-0.2, -0.15) is 0 Å². The Hall–Kier alpha value is -1.24. The van der Waals surface area contributed by atoms with Gasteiger partial charge in [-0.3, -0.25) is 0 Å². The van der Waals surface area contributed by atoms with E-state index in [1.165, 1.54) is 30.4 Å². The van der Waals surface area contributed by atoms with Gasteiger partial charge in [-0.15, -0.1) is 0 Å². The van der Waals surface area contributed by atoms with Crippen LogP contribution in [0.3, 0.4) is 0 Å². The van der Waals surface area contributed by atoms with E-state index >= 15 is 0 Å². The molecule has 1 aliphatic carbocycles. The summed E-state index contributed by atoms with van der Waals surface area (Å²) >= 11 is 0. The average molecular weight is 188 g/mol. The van der Waals surface area contributed by atoms with Gasteiger partial charge in [0.1, 0.15) is 5.76 Å². The fourth-order valence-corrected chi connectivity index (χ4v) is 2.29. The predicted molar refractivity (Wildman–Crippen MR) is 59.5 cm³/mol. The normalized spacial score (nSPS) is 19.4. The number of aliphatic hydroxyl groups is 1. The molecule has 0 amide bonds. The first kappa shape index (κ1) is 9.32. The molecular formula is C13H16O. The van der Waals surface area contributed by atoms with Crippen LogP contribution in [0.15, 0.2) is 24.8 Å². The fraction of sp³-hybridized carbons (Fsp3) is 0.385. The summed E-state index contributed by atoms with van der Waals surface area (Å²) < 4.78 is 0. The van der Waals surface area contributed by atoms with Crippen LogP contribution in [0, 0.1) is 0 Å². The molecule has 1 atom stereocenters. The predicted octanol–water partition coefficient (Wildman–Crippen LogP) is 3.66. The second-order valence-electron chi connectivity index (χ2n) is 4.00. The summed E-state index contributed by atoms with van der Waals surface area (Å²) in [6, 6.07) is 6.18. The fourth-order valence-electron chi connectivity index (χ4n) is 2.29. The summed E-state index contributed by atoms with van der Waals surface area (Å²) in [6.45, 7) is 5.78. The summed E-state index contributed by atoms with van der Waals surface area (Å²) in [6.07, 6.45) is 3.63. The number of fused-ring (bicyclic) bond motifs is 1. The lowest BCUT2D eigenvalue weighted by Gasteiger charge is -2.09. The Morgan fingerprint density at radius 3 is 3.00 bits per heavy atom. The molecule has 14 heavy (non-hydrogen) atoms. The molecule has 1 nitrogen and oxygen atoms in total. The standard InChI is InChI=1S/C13H16O/c1-3-10-4-5-11-6-7-12(9(2)14)8-13(10)11/h6-8,10,14H,2-5H2,1H3. The molecule has 1 aromatic rings. The summed E-state index contributed by atoms with van der Waals surface area (Å²) in [5.41, 5.74) is 3.73. The molecule has 0 saturated heterocycles. The van der Waals surface area contributed by atoms with Crippen LogP contribution in [0.5, 0.6) is 0 Å². The minimum absolute atomic E-state index is 0.176. The van der Waals surface area contributed by atoms with Crippen molar-refractivity contribution in [3.05, 3.63) is 41.5 Å². The van der Waals surface area contributed by atoms with Crippen LogP contribution in [0.25, 0.3) is 5.76 Å². The molecule has 0 heterocycles. The molecule has 0 aliphatic heterocycles. The van der Waals surface area contributed by atoms with Gasteiger partial charge in [-0.1, -0.05) is 25.6 Å². The van der Waals surface area contributed by atoms with Crippen LogP contribution in [-0.2, 0) is 6.42 Å². The van der Waals surface area contributed by atoms with Gasteiger partial charge in [-0.25, -0.2) is 0 Å². The van der Waals surface area contributed by atoms with E-state index in [-0.39, 0.29) is 5.76 Å². The molecule has 0 bridgehead atoms. The Labute approximate surface area is 85.1 Å². The van der Waals surface area contributed by atoms with Gasteiger partial charge in [0.15, 0.2) is 0 Å². The Balaban J connectivity index is 2.42. The Bertz CT molecular complexity index is 365. The van der Waals surface area contributed by atoms with Gasteiger partial charge in [0.2, 0.25) is 0 Å². The quantitative estimate of drug-likeness (QED) is 0.702. The van der Waals surface area contributed by atoms with Gasteiger partial charge >= 0.3 is 0 Å². The average Bonchev–Trinajstić information content (AvgIpc) is 2.59. The number of rotatable bonds is 2. The van der Waals surface area contributed by atoms with Crippen molar-refractivity contribution >= 4 is 5.76 Å². The molecule has 1 unspecified atom stereocenters. The highest BCUT2D eigenvalue weighted by Gasteiger charge is 2.21. The Morgan fingerprint density at radius 1 is 1.57 bits per heavy atom. The lowest BCUT2D eigenvalue weighted by molar-refractivity contribution is 0.513. The maximum absolute atomic E-state index is 9.32. The highest BCUT2D eigenvalue weighted by atomic mass is 16.3. The number of aryl methyl sites for hydroxylation is 1. The van der Waals surface area contributed by atoms with E-state index in [2.05, 4.69) is 25.6 Å². The van der Waals surface area contributed by atoms with Crippen molar-refractivity contribution < 1.29 is 5.11 Å². The van der Waals surface area contributed by atoms with Crippen molar-refractivity contribution in [2.24, 2.45) is 0 Å². The highest BCUT2D eigenvalue weighted by Crippen LogP contribution is 2.36. The van der Waals surface area contributed by atoms with Crippen LogP contribution in [0.4, 0.5) is 0 Å². The zero-order chi connectivity index (χ0) is 10.1. The van der Waals surface area contributed by atoms with Gasteiger partial charge < -0.3 is 5.11 Å². The second-order valence-corrected chi connectivity index (χ2v) is 4.00. The van der Waals surface area contributed by atoms with Gasteiger partial charge in [0.25, 0.3) is 0 Å². The number of hydrogen-bond acceptors (Lipinski definition) is 1. The van der Waals surface area contributed by atoms with E-state index in [9.17, 15) is 5.11 Å². The van der Waals surface area contributed by atoms with Crippen molar-refractivity contribution in [1.29, 1.82) is 0 Å². The van der Waals surface area contributed by atoms with E-state index in [1.54, 1.807) is 0 Å². The second kappa shape index (κ2) is 3.49. The zero-order valence-corrected chi connectivity index (χ0v) is 8.59. The van der Waals surface area contributed by atoms with Crippen LogP contribution >= 0.6 is 0 Å². The van der Waals surface area contributed by atoms with Gasteiger partial charge in [0.05, 0.1) is 0 Å². The molecule has 0 spiro atoms. The molecular weight excluding hydrogens is 172 g/mol. The third-order valence-corrected chi connectivity index (χ3v) is 3.17. The number of hydrogen-bond donors (Lipinski definition) is 1. The van der Waals surface area contributed by atoms with Crippen molar-refractivity contribution in [3.8, 4) is 0 Å². The first-order valence-electron chi connectivity index (χ1n) is 5.23. The first-order chi connectivity index (χ1) is 6.72. The van der Waals surface area contributed by atoms with E-state index in [0.717, 1.165) is 5.56 Å². The van der Waals surface area contributed by atoms with Crippen LogP contribution in [0.1, 0.15) is 42.4 Å². The molecule has 0 aromatic heterocycles. The van der Waals surface area contributed by atoms with Crippen LogP contribution in [-0.4, -0.2) is 5.11 Å². The van der Waals surface area contributed by atoms with Crippen LogP contribution in [0.2, 0.25) is 0 Å². The lowest BCUT2D eigenvalue weighted by Crippen LogP contribution is -1.92. The first-order valence-corrected chi connectivity index (χ1v) is 5.23. The minimum atomic E-state index is 0.176. The summed E-state index contributed by atoms with van der Waals surface area (Å²) in [4.78, 5) is 0. The van der Waals surface area contributed by atoms with E-state index in [0.29, 0.717) is 5.92 Å². The largest absolute Gasteiger partial charge is 0.508 e. The maximum atomic E-state index is 9.32. The number of benzene rings is 1. The van der Waals surface area contributed by atoms with Crippen molar-refractivity contribution in [3.63, 3.8) is 0 Å². The van der Waals surface area contributed by atoms with Crippen molar-refractivity contribution in [1.82, 2.24) is 0 Å². The topological polar surface area (TPSA) is 20.2 Å². The molecule has 74 valence electrons. The molecule has 0 saturated carbocycles. The lowest BCUT2D eigenvalue weighted by atomic mass is 9.97. The molecule has 1 N–H and O–H groups in total. The minimum Gasteiger partial charge on any atom is -0.508 e. The van der Waals surface area contributed by atoms with Crippen molar-refractivity contribution in [2.45, 2.75) is 32.1 Å². The SMILES string of the molecule is C=C(O)c1ccc2c(c1)C(CC)CC2. The molecule has 0 fully saturated rings. The van der Waals surface area contributed by atoms with Gasteiger partial charge in [0, 0.05) is 5.56 Å². The summed E-state index contributed by atoms with van der Waals surface area (Å²) in [5, 5.41) is 9.32. The molecule has 1 aromatic carbocycles. The molecule has 1 aliphatic rings. The van der Waals surface area contributed by atoms with E-state index in [1.807, 2.05) is 6.07 Å². The Morgan fingerprint density at radius 2 is 2.36 bits per heavy atom. The third kappa shape index (κ3) is 1.43. The maximum Gasteiger partial charge on any atom is 0.115 e. The van der Waals surface area contributed by atoms with Crippen molar-refractivity contribution in [2.75, 3.05) is 0 Å².